The Labute approximate surface area is 117 Å². The molecule has 0 aliphatic carbocycles. The van der Waals surface area contributed by atoms with Gasteiger partial charge >= 0.3 is 37.0 Å². The van der Waals surface area contributed by atoms with Gasteiger partial charge in [-0.05, 0) is 19.3 Å². The van der Waals surface area contributed by atoms with Crippen LogP contribution in [0.2, 0.25) is 9.88 Å². The molecule has 0 fully saturated rings. The maximum atomic E-state index is 10.9. The SMILES string of the molecule is CCCCCC(CC)OC(=O)CS.[CH3][Sn][CH3]. The van der Waals surface area contributed by atoms with Crippen LogP contribution >= 0.6 is 12.6 Å². The minimum atomic E-state index is -0.202. The molecule has 1 unspecified atom stereocenters. The third-order valence-electron chi connectivity index (χ3n) is 2.01. The van der Waals surface area contributed by atoms with E-state index >= 15 is 0 Å². The van der Waals surface area contributed by atoms with Crippen LogP contribution in [0.1, 0.15) is 46.0 Å². The van der Waals surface area contributed by atoms with Crippen molar-refractivity contribution in [2.75, 3.05) is 5.75 Å². The summed E-state index contributed by atoms with van der Waals surface area (Å²) in [7, 11) is 0. The Morgan fingerprint density at radius 2 is 1.88 bits per heavy atom. The van der Waals surface area contributed by atoms with Gasteiger partial charge in [0.2, 0.25) is 0 Å². The summed E-state index contributed by atoms with van der Waals surface area (Å²) in [5.74, 6) is -0.0173. The molecule has 0 N–H and O–H groups in total. The van der Waals surface area contributed by atoms with Crippen molar-refractivity contribution in [1.29, 1.82) is 0 Å². The molecule has 0 aliphatic heterocycles. The first kappa shape index (κ1) is 19.0. The number of rotatable bonds is 7. The number of esters is 1. The molecule has 4 heteroatoms. The number of hydrogen-bond acceptors (Lipinski definition) is 3. The van der Waals surface area contributed by atoms with Gasteiger partial charge in [-0.25, -0.2) is 0 Å². The molecule has 2 nitrogen and oxygen atoms in total. The van der Waals surface area contributed by atoms with Gasteiger partial charge in [-0.1, -0.05) is 26.7 Å². The van der Waals surface area contributed by atoms with Gasteiger partial charge in [-0.3, -0.25) is 4.79 Å². The average molecular weight is 353 g/mol. The van der Waals surface area contributed by atoms with Crippen molar-refractivity contribution >= 4 is 39.7 Å². The minimum absolute atomic E-state index is 0.103. The number of carbonyl (C=O) groups excluding carboxylic acids is 1. The molecule has 0 amide bonds. The first-order valence-corrected chi connectivity index (χ1v) is 12.4. The van der Waals surface area contributed by atoms with Gasteiger partial charge in [0.05, 0.1) is 5.75 Å². The molecule has 0 saturated carbocycles. The molecular formula is C12H26O2SSn. The standard InChI is InChI=1S/C10H20O2S.2CH3.Sn/c1-3-5-6-7-9(4-2)12-10(11)8-13;;;/h9,13H,3-8H2,1-2H3;2*1H3;. The molecule has 0 aromatic heterocycles. The number of hydrogen-bond donors (Lipinski definition) is 1. The van der Waals surface area contributed by atoms with Crippen LogP contribution in [0.25, 0.3) is 0 Å². The van der Waals surface area contributed by atoms with Crippen LogP contribution in [0, 0.1) is 0 Å². The second-order valence-corrected chi connectivity index (χ2v) is 6.84. The van der Waals surface area contributed by atoms with Crippen molar-refractivity contribution in [3.63, 3.8) is 0 Å². The Hall–Kier alpha value is 0.619. The van der Waals surface area contributed by atoms with E-state index in [9.17, 15) is 4.79 Å². The average Bonchev–Trinajstić information content (AvgIpc) is 2.28. The topological polar surface area (TPSA) is 26.3 Å². The Bertz CT molecular complexity index is 154. The summed E-state index contributed by atoms with van der Waals surface area (Å²) in [6, 6.07) is 0. The van der Waals surface area contributed by atoms with Crippen LogP contribution in [0.5, 0.6) is 0 Å². The molecule has 1 atom stereocenters. The fourth-order valence-corrected chi connectivity index (χ4v) is 1.27. The molecule has 0 heterocycles. The number of thiol groups is 1. The zero-order chi connectivity index (χ0) is 12.8. The summed E-state index contributed by atoms with van der Waals surface area (Å²) in [6.45, 7) is 4.21. The molecular weight excluding hydrogens is 327 g/mol. The third kappa shape index (κ3) is 14.6. The summed E-state index contributed by atoms with van der Waals surface area (Å²) in [6.07, 6.45) is 5.57. The van der Waals surface area contributed by atoms with Crippen LogP contribution in [-0.4, -0.2) is 39.0 Å². The molecule has 0 spiro atoms. The van der Waals surface area contributed by atoms with Gasteiger partial charge in [0.1, 0.15) is 6.10 Å². The predicted octanol–water partition coefficient (Wildman–Crippen LogP) is 3.61. The van der Waals surface area contributed by atoms with E-state index in [0.717, 1.165) is 19.3 Å². The Kier molecular flexibility index (Phi) is 18.5. The van der Waals surface area contributed by atoms with Crippen molar-refractivity contribution in [1.82, 2.24) is 0 Å². The number of ether oxygens (including phenoxy) is 1. The third-order valence-corrected chi connectivity index (χ3v) is 2.27. The summed E-state index contributed by atoms with van der Waals surface area (Å²) in [5, 5.41) is 0. The summed E-state index contributed by atoms with van der Waals surface area (Å²) < 4.78 is 5.18. The Morgan fingerprint density at radius 1 is 1.31 bits per heavy atom. The summed E-state index contributed by atoms with van der Waals surface area (Å²) in [5.41, 5.74) is 0. The van der Waals surface area contributed by atoms with E-state index in [1.165, 1.54) is 12.8 Å². The number of unbranched alkanes of at least 4 members (excludes halogenated alkanes) is 2. The normalized spacial score (nSPS) is 11.3. The van der Waals surface area contributed by atoms with E-state index in [1.807, 2.05) is 6.92 Å². The van der Waals surface area contributed by atoms with Crippen LogP contribution in [0.4, 0.5) is 0 Å². The van der Waals surface area contributed by atoms with E-state index in [4.69, 9.17) is 4.74 Å². The maximum absolute atomic E-state index is 10.9. The zero-order valence-corrected chi connectivity index (χ0v) is 14.8. The second-order valence-electron chi connectivity index (χ2n) is 3.67. The molecule has 0 aliphatic rings. The van der Waals surface area contributed by atoms with E-state index < -0.39 is 0 Å². The fourth-order valence-electron chi connectivity index (χ4n) is 1.19. The Balaban J connectivity index is 0. The van der Waals surface area contributed by atoms with E-state index in [2.05, 4.69) is 29.4 Å². The van der Waals surface area contributed by atoms with Crippen molar-refractivity contribution in [3.05, 3.63) is 0 Å². The zero-order valence-electron chi connectivity index (χ0n) is 11.1. The fraction of sp³-hybridized carbons (Fsp3) is 0.917. The molecule has 0 aromatic carbocycles. The Morgan fingerprint density at radius 3 is 2.25 bits per heavy atom. The van der Waals surface area contributed by atoms with Crippen LogP contribution < -0.4 is 0 Å². The van der Waals surface area contributed by atoms with Gasteiger partial charge in [-0.15, -0.1) is 0 Å². The summed E-state index contributed by atoms with van der Waals surface area (Å²) in [4.78, 5) is 15.5. The van der Waals surface area contributed by atoms with Gasteiger partial charge in [0.25, 0.3) is 0 Å². The molecule has 0 rings (SSSR count). The van der Waals surface area contributed by atoms with Crippen LogP contribution in [0.15, 0.2) is 0 Å². The van der Waals surface area contributed by atoms with E-state index in [-0.39, 0.29) is 39.0 Å². The first-order valence-electron chi connectivity index (χ1n) is 6.04. The van der Waals surface area contributed by atoms with Gasteiger partial charge in [0, 0.05) is 0 Å². The first-order chi connectivity index (χ1) is 7.65. The monoisotopic (exact) mass is 354 g/mol. The molecule has 16 heavy (non-hydrogen) atoms. The van der Waals surface area contributed by atoms with Gasteiger partial charge < -0.3 is 4.74 Å². The van der Waals surface area contributed by atoms with Crippen LogP contribution in [0.3, 0.4) is 0 Å². The van der Waals surface area contributed by atoms with Crippen molar-refractivity contribution in [2.45, 2.75) is 61.9 Å². The molecule has 0 saturated heterocycles. The molecule has 0 aromatic rings. The van der Waals surface area contributed by atoms with Crippen molar-refractivity contribution in [3.8, 4) is 0 Å². The molecule has 96 valence electrons. The second kappa shape index (κ2) is 15.6. The van der Waals surface area contributed by atoms with E-state index in [0.29, 0.717) is 0 Å². The van der Waals surface area contributed by atoms with Gasteiger partial charge in [0.15, 0.2) is 0 Å². The quantitative estimate of drug-likeness (QED) is 0.328. The van der Waals surface area contributed by atoms with Crippen LogP contribution in [-0.2, 0) is 9.53 Å². The molecule has 2 radical (unpaired) electrons. The molecule has 0 bridgehead atoms. The predicted molar refractivity (Wildman–Crippen MR) is 75.6 cm³/mol. The van der Waals surface area contributed by atoms with Crippen molar-refractivity contribution < 1.29 is 9.53 Å². The van der Waals surface area contributed by atoms with Gasteiger partial charge in [-0.2, -0.15) is 12.6 Å². The van der Waals surface area contributed by atoms with E-state index in [1.54, 1.807) is 0 Å². The number of carbonyl (C=O) groups is 1. The van der Waals surface area contributed by atoms with Crippen molar-refractivity contribution in [2.24, 2.45) is 0 Å². The summed E-state index contributed by atoms with van der Waals surface area (Å²) >= 11 is 4.09.